The number of rotatable bonds is 4. The number of methoxy groups -OCH3 is 1. The van der Waals surface area contributed by atoms with Crippen LogP contribution in [0.2, 0.25) is 0 Å². The Kier molecular flexibility index (Phi) is 4.72. The van der Waals surface area contributed by atoms with Crippen molar-refractivity contribution in [3.05, 3.63) is 30.0 Å². The first-order valence-corrected chi connectivity index (χ1v) is 9.12. The normalized spacial score (nSPS) is 22.8. The van der Waals surface area contributed by atoms with Gasteiger partial charge in [0.2, 0.25) is 5.91 Å². The maximum absolute atomic E-state index is 12.6. The maximum atomic E-state index is 12.6. The van der Waals surface area contributed by atoms with Crippen LogP contribution in [0.1, 0.15) is 25.0 Å². The van der Waals surface area contributed by atoms with Gasteiger partial charge in [0.25, 0.3) is 0 Å². The number of hydrogen-bond acceptors (Lipinski definition) is 5. The van der Waals surface area contributed by atoms with E-state index in [1.807, 2.05) is 29.2 Å². The Morgan fingerprint density at radius 2 is 2.04 bits per heavy atom. The van der Waals surface area contributed by atoms with Crippen LogP contribution < -0.4 is 0 Å². The number of nitrogens with zero attached hydrogens (tertiary/aromatic N) is 3. The van der Waals surface area contributed by atoms with Gasteiger partial charge in [-0.15, -0.1) is 0 Å². The molecule has 3 heterocycles. The van der Waals surface area contributed by atoms with E-state index in [-0.39, 0.29) is 5.91 Å². The summed E-state index contributed by atoms with van der Waals surface area (Å²) in [6, 6.07) is 8.28. The zero-order valence-electron chi connectivity index (χ0n) is 14.7. The molecule has 134 valence electrons. The van der Waals surface area contributed by atoms with Crippen molar-refractivity contribution in [1.29, 1.82) is 0 Å². The van der Waals surface area contributed by atoms with E-state index in [0.717, 1.165) is 62.1 Å². The molecule has 0 radical (unpaired) electrons. The zero-order chi connectivity index (χ0) is 17.2. The lowest BCUT2D eigenvalue weighted by Gasteiger charge is -2.36. The monoisotopic (exact) mass is 343 g/mol. The van der Waals surface area contributed by atoms with Crippen molar-refractivity contribution in [1.82, 2.24) is 15.0 Å². The second-order valence-electron chi connectivity index (χ2n) is 7.06. The number of benzene rings is 1. The highest BCUT2D eigenvalue weighted by Gasteiger charge is 2.31. The Morgan fingerprint density at radius 1 is 1.24 bits per heavy atom. The molecule has 1 unspecified atom stereocenters. The number of aromatic nitrogens is 1. The predicted octanol–water partition coefficient (Wildman–Crippen LogP) is 2.08. The van der Waals surface area contributed by atoms with Gasteiger partial charge in [0, 0.05) is 44.7 Å². The van der Waals surface area contributed by atoms with Crippen LogP contribution in [0.25, 0.3) is 11.0 Å². The number of ether oxygens (including phenoxy) is 1. The first-order chi connectivity index (χ1) is 12.2. The lowest BCUT2D eigenvalue weighted by atomic mass is 10.0. The minimum Gasteiger partial charge on any atom is -0.380 e. The molecule has 1 aromatic heterocycles. The highest BCUT2D eigenvalue weighted by atomic mass is 16.5. The second kappa shape index (κ2) is 7.14. The van der Waals surface area contributed by atoms with Crippen molar-refractivity contribution in [3.63, 3.8) is 0 Å². The summed E-state index contributed by atoms with van der Waals surface area (Å²) in [4.78, 5) is 17.2. The van der Waals surface area contributed by atoms with Crippen molar-refractivity contribution in [2.45, 2.75) is 37.8 Å². The van der Waals surface area contributed by atoms with Crippen LogP contribution in [0.3, 0.4) is 0 Å². The molecule has 0 saturated carbocycles. The number of amides is 1. The van der Waals surface area contributed by atoms with Gasteiger partial charge in [0.15, 0.2) is 5.58 Å². The summed E-state index contributed by atoms with van der Waals surface area (Å²) < 4.78 is 10.8. The molecule has 0 aliphatic carbocycles. The van der Waals surface area contributed by atoms with E-state index >= 15 is 0 Å². The van der Waals surface area contributed by atoms with Crippen LogP contribution in [0.15, 0.2) is 28.8 Å². The molecule has 0 spiro atoms. The van der Waals surface area contributed by atoms with Gasteiger partial charge in [0.1, 0.15) is 5.69 Å². The molecular formula is C19H25N3O3. The van der Waals surface area contributed by atoms with Gasteiger partial charge in [-0.3, -0.25) is 9.69 Å². The van der Waals surface area contributed by atoms with E-state index in [1.54, 1.807) is 7.11 Å². The van der Waals surface area contributed by atoms with Crippen molar-refractivity contribution in [3.8, 4) is 0 Å². The Morgan fingerprint density at radius 3 is 2.80 bits per heavy atom. The SMILES string of the molecule is COC1CCN(C2CCN(C(=O)Cc3noc4ccccc34)CC2)C1. The third kappa shape index (κ3) is 3.41. The molecule has 1 atom stereocenters. The first kappa shape index (κ1) is 16.5. The van der Waals surface area contributed by atoms with Crippen molar-refractivity contribution < 1.29 is 14.1 Å². The highest BCUT2D eigenvalue weighted by molar-refractivity contribution is 5.86. The van der Waals surface area contributed by atoms with Gasteiger partial charge in [-0.05, 0) is 31.4 Å². The molecule has 25 heavy (non-hydrogen) atoms. The van der Waals surface area contributed by atoms with Gasteiger partial charge >= 0.3 is 0 Å². The second-order valence-corrected chi connectivity index (χ2v) is 7.06. The first-order valence-electron chi connectivity index (χ1n) is 9.12. The topological polar surface area (TPSA) is 58.8 Å². The van der Waals surface area contributed by atoms with Gasteiger partial charge in [-0.25, -0.2) is 0 Å². The molecule has 6 heteroatoms. The number of piperidine rings is 1. The molecular weight excluding hydrogens is 318 g/mol. The lowest BCUT2D eigenvalue weighted by Crippen LogP contribution is -2.46. The molecule has 1 aromatic carbocycles. The maximum Gasteiger partial charge on any atom is 0.228 e. The highest BCUT2D eigenvalue weighted by Crippen LogP contribution is 2.24. The molecule has 2 aliphatic rings. The Hall–Kier alpha value is -1.92. The summed E-state index contributed by atoms with van der Waals surface area (Å²) in [6.07, 6.45) is 3.90. The number of hydrogen-bond donors (Lipinski definition) is 0. The summed E-state index contributed by atoms with van der Waals surface area (Å²) in [5.74, 6) is 0.147. The van der Waals surface area contributed by atoms with Crippen LogP contribution in [0.4, 0.5) is 0 Å². The van der Waals surface area contributed by atoms with Gasteiger partial charge < -0.3 is 14.2 Å². The van der Waals surface area contributed by atoms with E-state index in [4.69, 9.17) is 9.26 Å². The van der Waals surface area contributed by atoms with Crippen LogP contribution in [0.5, 0.6) is 0 Å². The molecule has 2 fully saturated rings. The van der Waals surface area contributed by atoms with Gasteiger partial charge in [-0.1, -0.05) is 17.3 Å². The number of para-hydroxylation sites is 1. The summed E-state index contributed by atoms with van der Waals surface area (Å²) in [5, 5.41) is 5.02. The average Bonchev–Trinajstić information content (AvgIpc) is 3.29. The fraction of sp³-hybridized carbons (Fsp3) is 0.579. The summed E-state index contributed by atoms with van der Waals surface area (Å²) in [6.45, 7) is 3.79. The molecule has 1 amide bonds. The van der Waals surface area contributed by atoms with Crippen molar-refractivity contribution in [2.75, 3.05) is 33.3 Å². The fourth-order valence-electron chi connectivity index (χ4n) is 4.08. The van der Waals surface area contributed by atoms with E-state index in [1.165, 1.54) is 0 Å². The van der Waals surface area contributed by atoms with E-state index in [0.29, 0.717) is 18.6 Å². The van der Waals surface area contributed by atoms with E-state index in [2.05, 4.69) is 10.1 Å². The quantitative estimate of drug-likeness (QED) is 0.851. The standard InChI is InChI=1S/C19H25N3O3/c1-24-15-8-11-22(13-15)14-6-9-21(10-7-14)19(23)12-17-16-4-2-3-5-18(16)25-20-17/h2-5,14-15H,6-13H2,1H3. The van der Waals surface area contributed by atoms with E-state index < -0.39 is 0 Å². The largest absolute Gasteiger partial charge is 0.380 e. The summed E-state index contributed by atoms with van der Waals surface area (Å²) >= 11 is 0. The minimum absolute atomic E-state index is 0.147. The average molecular weight is 343 g/mol. The fourth-order valence-corrected chi connectivity index (χ4v) is 4.08. The minimum atomic E-state index is 0.147. The predicted molar refractivity (Wildman–Crippen MR) is 94.3 cm³/mol. The van der Waals surface area contributed by atoms with Crippen molar-refractivity contribution in [2.24, 2.45) is 0 Å². The zero-order valence-corrected chi connectivity index (χ0v) is 14.7. The molecule has 2 saturated heterocycles. The molecule has 2 aliphatic heterocycles. The smallest absolute Gasteiger partial charge is 0.228 e. The number of likely N-dealkylation sites (tertiary alicyclic amines) is 2. The number of carbonyl (C=O) groups is 1. The van der Waals surface area contributed by atoms with Crippen LogP contribution >= 0.6 is 0 Å². The van der Waals surface area contributed by atoms with Crippen LogP contribution in [0, 0.1) is 0 Å². The summed E-state index contributed by atoms with van der Waals surface area (Å²) in [5.41, 5.74) is 1.48. The van der Waals surface area contributed by atoms with Crippen LogP contribution in [-0.4, -0.2) is 66.3 Å². The molecule has 2 aromatic rings. The number of fused-ring (bicyclic) bond motifs is 1. The van der Waals surface area contributed by atoms with Gasteiger partial charge in [-0.2, -0.15) is 0 Å². The van der Waals surface area contributed by atoms with Crippen molar-refractivity contribution >= 4 is 16.9 Å². The Bertz CT molecular complexity index is 736. The summed E-state index contributed by atoms with van der Waals surface area (Å²) in [7, 11) is 1.79. The Labute approximate surface area is 147 Å². The van der Waals surface area contributed by atoms with E-state index in [9.17, 15) is 4.79 Å². The molecule has 6 nitrogen and oxygen atoms in total. The van der Waals surface area contributed by atoms with Crippen LogP contribution in [-0.2, 0) is 16.0 Å². The number of carbonyl (C=O) groups excluding carboxylic acids is 1. The van der Waals surface area contributed by atoms with Gasteiger partial charge in [0.05, 0.1) is 12.5 Å². The third-order valence-corrected chi connectivity index (χ3v) is 5.61. The third-order valence-electron chi connectivity index (χ3n) is 5.61. The molecule has 0 N–H and O–H groups in total. The molecule has 4 rings (SSSR count). The Balaban J connectivity index is 1.32. The lowest BCUT2D eigenvalue weighted by molar-refractivity contribution is -0.132. The molecule has 0 bridgehead atoms.